The molecule has 1 N–H and O–H groups in total. The molecule has 2 aromatic carbocycles. The standard InChI is InChI=1S/C22H27NO6S/c1-16-4-10-20(11-5-16)30(26,27)23-14-12-18(13-15-23)22(25,21(24)29-3)17-6-8-19(28-2)9-7-17/h4-11,18,25H,12-15H2,1-3H3. The summed E-state index contributed by atoms with van der Waals surface area (Å²) < 4.78 is 37.3. The first kappa shape index (κ1) is 22.3. The van der Waals surface area contributed by atoms with Crippen LogP contribution in [0.2, 0.25) is 0 Å². The normalized spacial score (nSPS) is 17.9. The number of hydrogen-bond acceptors (Lipinski definition) is 6. The van der Waals surface area contributed by atoms with E-state index >= 15 is 0 Å². The van der Waals surface area contributed by atoms with Crippen LogP contribution in [0.4, 0.5) is 0 Å². The van der Waals surface area contributed by atoms with E-state index in [-0.39, 0.29) is 18.0 Å². The highest BCUT2D eigenvalue weighted by Gasteiger charge is 2.48. The first-order chi connectivity index (χ1) is 14.2. The van der Waals surface area contributed by atoms with Crippen LogP contribution in [0, 0.1) is 12.8 Å². The van der Waals surface area contributed by atoms with Crippen molar-refractivity contribution < 1.29 is 27.8 Å². The van der Waals surface area contributed by atoms with Gasteiger partial charge in [0.05, 0.1) is 19.1 Å². The number of aryl methyl sites for hydroxylation is 1. The van der Waals surface area contributed by atoms with Crippen molar-refractivity contribution in [3.05, 3.63) is 59.7 Å². The number of sulfonamides is 1. The largest absolute Gasteiger partial charge is 0.497 e. The number of esters is 1. The number of carbonyl (C=O) groups is 1. The van der Waals surface area contributed by atoms with E-state index < -0.39 is 27.5 Å². The zero-order valence-corrected chi connectivity index (χ0v) is 18.2. The third kappa shape index (κ3) is 4.08. The van der Waals surface area contributed by atoms with E-state index in [2.05, 4.69) is 0 Å². The summed E-state index contributed by atoms with van der Waals surface area (Å²) in [6.07, 6.45) is 0.644. The summed E-state index contributed by atoms with van der Waals surface area (Å²) in [7, 11) is -0.865. The highest BCUT2D eigenvalue weighted by Crippen LogP contribution is 2.39. The van der Waals surface area contributed by atoms with E-state index in [0.717, 1.165) is 5.56 Å². The first-order valence-electron chi connectivity index (χ1n) is 9.75. The average molecular weight is 434 g/mol. The van der Waals surface area contributed by atoms with Gasteiger partial charge in [0.25, 0.3) is 0 Å². The van der Waals surface area contributed by atoms with Gasteiger partial charge in [-0.2, -0.15) is 4.31 Å². The second-order valence-electron chi connectivity index (χ2n) is 7.48. The Balaban J connectivity index is 1.82. The lowest BCUT2D eigenvalue weighted by molar-refractivity contribution is -0.172. The van der Waals surface area contributed by atoms with Crippen LogP contribution >= 0.6 is 0 Å². The van der Waals surface area contributed by atoms with E-state index in [1.54, 1.807) is 48.5 Å². The van der Waals surface area contributed by atoms with Crippen LogP contribution in [0.5, 0.6) is 5.75 Å². The molecule has 1 unspecified atom stereocenters. The molecule has 1 aliphatic heterocycles. The molecule has 1 atom stereocenters. The van der Waals surface area contributed by atoms with Gasteiger partial charge < -0.3 is 14.6 Å². The summed E-state index contributed by atoms with van der Waals surface area (Å²) in [6.45, 7) is 2.31. The fourth-order valence-corrected chi connectivity index (χ4v) is 5.36. The number of piperidine rings is 1. The molecule has 1 heterocycles. The zero-order chi connectivity index (χ0) is 21.9. The molecule has 1 aliphatic rings. The molecule has 7 nitrogen and oxygen atoms in total. The van der Waals surface area contributed by atoms with Gasteiger partial charge >= 0.3 is 5.97 Å². The monoisotopic (exact) mass is 433 g/mol. The van der Waals surface area contributed by atoms with Crippen LogP contribution in [-0.2, 0) is 25.2 Å². The van der Waals surface area contributed by atoms with Crippen LogP contribution in [-0.4, -0.2) is 51.1 Å². The molecule has 0 saturated carbocycles. The Morgan fingerprint density at radius 1 is 1.03 bits per heavy atom. The molecule has 162 valence electrons. The molecular formula is C22H27NO6S. The molecule has 1 saturated heterocycles. The maximum Gasteiger partial charge on any atom is 0.342 e. The summed E-state index contributed by atoms with van der Waals surface area (Å²) in [4.78, 5) is 12.8. The summed E-state index contributed by atoms with van der Waals surface area (Å²) in [5, 5.41) is 11.4. The number of rotatable bonds is 6. The van der Waals surface area contributed by atoms with Crippen molar-refractivity contribution >= 4 is 16.0 Å². The quantitative estimate of drug-likeness (QED) is 0.704. The van der Waals surface area contributed by atoms with Gasteiger partial charge in [0.15, 0.2) is 5.60 Å². The number of benzene rings is 2. The SMILES string of the molecule is COC(=O)C(O)(c1ccc(OC)cc1)C1CCN(S(=O)(=O)c2ccc(C)cc2)CC1. The van der Waals surface area contributed by atoms with E-state index in [0.29, 0.717) is 24.2 Å². The van der Waals surface area contributed by atoms with Gasteiger partial charge in [-0.3, -0.25) is 0 Å². The van der Waals surface area contributed by atoms with Crippen molar-refractivity contribution in [2.45, 2.75) is 30.3 Å². The molecule has 2 aromatic rings. The van der Waals surface area contributed by atoms with Gasteiger partial charge in [-0.05, 0) is 49.6 Å². The van der Waals surface area contributed by atoms with Gasteiger partial charge in [-0.15, -0.1) is 0 Å². The molecular weight excluding hydrogens is 406 g/mol. The highest BCUT2D eigenvalue weighted by atomic mass is 32.2. The fraction of sp³-hybridized carbons (Fsp3) is 0.409. The Bertz CT molecular complexity index is 979. The number of nitrogens with zero attached hydrogens (tertiary/aromatic N) is 1. The predicted molar refractivity (Wildman–Crippen MR) is 112 cm³/mol. The van der Waals surface area contributed by atoms with Gasteiger partial charge in [0.2, 0.25) is 10.0 Å². The summed E-state index contributed by atoms with van der Waals surface area (Å²) in [5.41, 5.74) is -0.480. The van der Waals surface area contributed by atoms with Crippen LogP contribution in [0.3, 0.4) is 0 Å². The van der Waals surface area contributed by atoms with Crippen LogP contribution in [0.25, 0.3) is 0 Å². The average Bonchev–Trinajstić information content (AvgIpc) is 2.78. The molecule has 0 radical (unpaired) electrons. The molecule has 0 amide bonds. The van der Waals surface area contributed by atoms with Crippen molar-refractivity contribution in [1.82, 2.24) is 4.31 Å². The minimum absolute atomic E-state index is 0.205. The molecule has 0 aromatic heterocycles. The Kier molecular flexibility index (Phi) is 6.50. The third-order valence-corrected chi connectivity index (χ3v) is 7.64. The Morgan fingerprint density at radius 2 is 1.60 bits per heavy atom. The molecule has 0 aliphatic carbocycles. The second-order valence-corrected chi connectivity index (χ2v) is 9.42. The number of methoxy groups -OCH3 is 2. The minimum Gasteiger partial charge on any atom is -0.497 e. The van der Waals surface area contributed by atoms with Gasteiger partial charge in [0.1, 0.15) is 5.75 Å². The van der Waals surface area contributed by atoms with E-state index in [1.165, 1.54) is 18.5 Å². The topological polar surface area (TPSA) is 93.1 Å². The Morgan fingerprint density at radius 3 is 2.10 bits per heavy atom. The maximum atomic E-state index is 12.9. The van der Waals surface area contributed by atoms with Crippen molar-refractivity contribution in [3.8, 4) is 5.75 Å². The van der Waals surface area contributed by atoms with Crippen molar-refractivity contribution in [2.75, 3.05) is 27.3 Å². The Hall–Kier alpha value is -2.42. The number of ether oxygens (including phenoxy) is 2. The van der Waals surface area contributed by atoms with E-state index in [1.807, 2.05) is 6.92 Å². The second kappa shape index (κ2) is 8.75. The minimum atomic E-state index is -3.63. The van der Waals surface area contributed by atoms with E-state index in [9.17, 15) is 18.3 Å². The molecule has 30 heavy (non-hydrogen) atoms. The smallest absolute Gasteiger partial charge is 0.342 e. The Labute approximate surface area is 177 Å². The molecule has 3 rings (SSSR count). The lowest BCUT2D eigenvalue weighted by Crippen LogP contribution is -2.49. The van der Waals surface area contributed by atoms with E-state index in [4.69, 9.17) is 9.47 Å². The number of hydrogen-bond donors (Lipinski definition) is 1. The predicted octanol–water partition coefficient (Wildman–Crippen LogP) is 2.47. The summed E-state index contributed by atoms with van der Waals surface area (Å²) in [5.74, 6) is -0.639. The van der Waals surface area contributed by atoms with Crippen LogP contribution in [0.15, 0.2) is 53.4 Å². The van der Waals surface area contributed by atoms with Gasteiger partial charge in [0, 0.05) is 19.0 Å². The van der Waals surface area contributed by atoms with Crippen molar-refractivity contribution in [2.24, 2.45) is 5.92 Å². The molecule has 0 spiro atoms. The van der Waals surface area contributed by atoms with Crippen LogP contribution < -0.4 is 4.74 Å². The van der Waals surface area contributed by atoms with Crippen molar-refractivity contribution in [1.29, 1.82) is 0 Å². The van der Waals surface area contributed by atoms with Gasteiger partial charge in [-0.1, -0.05) is 29.8 Å². The van der Waals surface area contributed by atoms with Crippen LogP contribution in [0.1, 0.15) is 24.0 Å². The molecule has 0 bridgehead atoms. The lowest BCUT2D eigenvalue weighted by Gasteiger charge is -2.39. The maximum absolute atomic E-state index is 12.9. The number of carbonyl (C=O) groups excluding carboxylic acids is 1. The summed E-state index contributed by atoms with van der Waals surface area (Å²) >= 11 is 0. The zero-order valence-electron chi connectivity index (χ0n) is 17.4. The summed E-state index contributed by atoms with van der Waals surface area (Å²) in [6, 6.07) is 13.3. The number of aliphatic hydroxyl groups is 1. The highest BCUT2D eigenvalue weighted by molar-refractivity contribution is 7.89. The first-order valence-corrected chi connectivity index (χ1v) is 11.2. The van der Waals surface area contributed by atoms with Crippen molar-refractivity contribution in [3.63, 3.8) is 0 Å². The van der Waals surface area contributed by atoms with Gasteiger partial charge in [-0.25, -0.2) is 13.2 Å². The molecule has 8 heteroatoms. The molecule has 1 fully saturated rings. The fourth-order valence-electron chi connectivity index (χ4n) is 3.89. The lowest BCUT2D eigenvalue weighted by atomic mass is 9.76. The third-order valence-electron chi connectivity index (χ3n) is 5.73.